The van der Waals surface area contributed by atoms with Crippen LogP contribution in [-0.2, 0) is 11.3 Å². The lowest BCUT2D eigenvalue weighted by atomic mass is 10.1. The van der Waals surface area contributed by atoms with Crippen LogP contribution >= 0.6 is 11.3 Å². The number of amides is 1. The van der Waals surface area contributed by atoms with Crippen molar-refractivity contribution in [2.24, 2.45) is 0 Å². The highest BCUT2D eigenvalue weighted by atomic mass is 32.1. The Balaban J connectivity index is 1.79. The molecule has 3 aromatic rings. The number of aromatic nitrogens is 1. The molecule has 0 fully saturated rings. The van der Waals surface area contributed by atoms with Crippen molar-refractivity contribution in [1.29, 1.82) is 0 Å². The molecule has 0 bridgehead atoms. The molecule has 0 atom stereocenters. The summed E-state index contributed by atoms with van der Waals surface area (Å²) in [6, 6.07) is 14.3. The van der Waals surface area contributed by atoms with E-state index in [1.165, 1.54) is 30.4 Å². The van der Waals surface area contributed by atoms with Gasteiger partial charge in [0.25, 0.3) is 0 Å². The third kappa shape index (κ3) is 3.81. The third-order valence-corrected chi connectivity index (χ3v) is 4.26. The second kappa shape index (κ2) is 6.71. The van der Waals surface area contributed by atoms with Crippen molar-refractivity contribution >= 4 is 17.2 Å². The monoisotopic (exact) mass is 326 g/mol. The number of hydrogen-bond acceptors (Lipinski definition) is 3. The van der Waals surface area contributed by atoms with Crippen LogP contribution in [0.5, 0.6) is 0 Å². The molecule has 1 aromatic heterocycles. The fourth-order valence-electron chi connectivity index (χ4n) is 2.18. The summed E-state index contributed by atoms with van der Waals surface area (Å²) in [7, 11) is 0. The number of halogens is 1. The van der Waals surface area contributed by atoms with Crippen molar-refractivity contribution in [3.63, 3.8) is 0 Å². The van der Waals surface area contributed by atoms with E-state index >= 15 is 0 Å². The summed E-state index contributed by atoms with van der Waals surface area (Å²) in [4.78, 5) is 15.5. The minimum Gasteiger partial charge on any atom is -0.352 e. The molecule has 0 radical (unpaired) electrons. The number of benzene rings is 2. The maximum atomic E-state index is 13.3. The number of thiazole rings is 1. The van der Waals surface area contributed by atoms with Crippen LogP contribution in [0.15, 0.2) is 53.9 Å². The van der Waals surface area contributed by atoms with Crippen LogP contribution in [-0.4, -0.2) is 10.9 Å². The zero-order valence-electron chi connectivity index (χ0n) is 12.5. The second-order valence-corrected chi connectivity index (χ2v) is 6.01. The molecular formula is C18H15FN2OS. The van der Waals surface area contributed by atoms with E-state index in [-0.39, 0.29) is 11.7 Å². The first-order valence-electron chi connectivity index (χ1n) is 7.17. The van der Waals surface area contributed by atoms with Crippen LogP contribution in [0.2, 0.25) is 0 Å². The molecule has 3 nitrogen and oxygen atoms in total. The average Bonchev–Trinajstić information content (AvgIpc) is 3.03. The van der Waals surface area contributed by atoms with Gasteiger partial charge >= 0.3 is 0 Å². The molecule has 0 aliphatic carbocycles. The highest BCUT2D eigenvalue weighted by Gasteiger charge is 2.07. The van der Waals surface area contributed by atoms with Gasteiger partial charge < -0.3 is 5.32 Å². The number of carbonyl (C=O) groups excluding carboxylic acids is 1. The summed E-state index contributed by atoms with van der Waals surface area (Å²) < 4.78 is 13.3. The Labute approximate surface area is 137 Å². The van der Waals surface area contributed by atoms with E-state index in [9.17, 15) is 9.18 Å². The van der Waals surface area contributed by atoms with Crippen LogP contribution < -0.4 is 5.32 Å². The molecule has 1 heterocycles. The normalized spacial score (nSPS) is 10.5. The summed E-state index contributed by atoms with van der Waals surface area (Å²) in [5, 5.41) is 5.52. The number of nitrogens with one attached hydrogen (secondary N) is 1. The maximum Gasteiger partial charge on any atom is 0.217 e. The van der Waals surface area contributed by atoms with Crippen molar-refractivity contribution in [2.75, 3.05) is 0 Å². The maximum absolute atomic E-state index is 13.3. The Kier molecular flexibility index (Phi) is 4.48. The van der Waals surface area contributed by atoms with Gasteiger partial charge in [-0.05, 0) is 17.7 Å². The highest BCUT2D eigenvalue weighted by molar-refractivity contribution is 7.13. The van der Waals surface area contributed by atoms with Gasteiger partial charge in [0.15, 0.2) is 0 Å². The number of rotatable bonds is 4. The van der Waals surface area contributed by atoms with Crippen molar-refractivity contribution in [3.8, 4) is 21.8 Å². The molecule has 0 unspecified atom stereocenters. The predicted molar refractivity (Wildman–Crippen MR) is 90.5 cm³/mol. The minimum atomic E-state index is -0.262. The second-order valence-electron chi connectivity index (χ2n) is 5.15. The number of hydrogen-bond donors (Lipinski definition) is 1. The van der Waals surface area contributed by atoms with Crippen molar-refractivity contribution < 1.29 is 9.18 Å². The van der Waals surface area contributed by atoms with E-state index in [2.05, 4.69) is 10.3 Å². The van der Waals surface area contributed by atoms with Crippen molar-refractivity contribution in [1.82, 2.24) is 10.3 Å². The lowest BCUT2D eigenvalue weighted by molar-refractivity contribution is -0.119. The SMILES string of the molecule is CC(=O)NCc1ccc(-c2csc(-c3cccc(F)c3)n2)cc1. The van der Waals surface area contributed by atoms with E-state index in [1.807, 2.05) is 35.7 Å². The number of nitrogens with zero attached hydrogens (tertiary/aromatic N) is 1. The van der Waals surface area contributed by atoms with E-state index < -0.39 is 0 Å². The molecule has 0 spiro atoms. The van der Waals surface area contributed by atoms with Gasteiger partial charge in [-0.2, -0.15) is 0 Å². The van der Waals surface area contributed by atoms with Crippen LogP contribution in [0.4, 0.5) is 4.39 Å². The fourth-order valence-corrected chi connectivity index (χ4v) is 3.01. The first-order valence-corrected chi connectivity index (χ1v) is 8.05. The van der Waals surface area contributed by atoms with Gasteiger partial charge in [-0.1, -0.05) is 36.4 Å². The van der Waals surface area contributed by atoms with Gasteiger partial charge in [0, 0.05) is 30.0 Å². The van der Waals surface area contributed by atoms with E-state index in [4.69, 9.17) is 0 Å². The average molecular weight is 326 g/mol. The zero-order chi connectivity index (χ0) is 16.2. The summed E-state index contributed by atoms with van der Waals surface area (Å²) >= 11 is 1.49. The topological polar surface area (TPSA) is 42.0 Å². The fraction of sp³-hybridized carbons (Fsp3) is 0.111. The van der Waals surface area contributed by atoms with Crippen molar-refractivity contribution in [3.05, 3.63) is 65.3 Å². The van der Waals surface area contributed by atoms with Gasteiger partial charge in [0.05, 0.1) is 5.69 Å². The third-order valence-electron chi connectivity index (χ3n) is 3.37. The summed E-state index contributed by atoms with van der Waals surface area (Å²) in [6.07, 6.45) is 0. The Morgan fingerprint density at radius 3 is 2.65 bits per heavy atom. The van der Waals surface area contributed by atoms with E-state index in [0.717, 1.165) is 27.4 Å². The quantitative estimate of drug-likeness (QED) is 0.778. The van der Waals surface area contributed by atoms with Gasteiger partial charge in [-0.15, -0.1) is 11.3 Å². The van der Waals surface area contributed by atoms with Crippen LogP contribution in [0, 0.1) is 5.82 Å². The van der Waals surface area contributed by atoms with E-state index in [0.29, 0.717) is 6.54 Å². The Morgan fingerprint density at radius 2 is 1.96 bits per heavy atom. The predicted octanol–water partition coefficient (Wildman–Crippen LogP) is 4.25. The van der Waals surface area contributed by atoms with Gasteiger partial charge in [0.1, 0.15) is 10.8 Å². The molecule has 1 N–H and O–H groups in total. The lowest BCUT2D eigenvalue weighted by Gasteiger charge is -2.03. The number of carbonyl (C=O) groups is 1. The molecule has 23 heavy (non-hydrogen) atoms. The molecule has 5 heteroatoms. The minimum absolute atomic E-state index is 0.0479. The van der Waals surface area contributed by atoms with Gasteiger partial charge in [0.2, 0.25) is 5.91 Å². The van der Waals surface area contributed by atoms with Crippen LogP contribution in [0.1, 0.15) is 12.5 Å². The Morgan fingerprint density at radius 1 is 1.17 bits per heavy atom. The Bertz CT molecular complexity index is 827. The van der Waals surface area contributed by atoms with Gasteiger partial charge in [-0.3, -0.25) is 4.79 Å². The molecule has 1 amide bonds. The molecule has 2 aromatic carbocycles. The lowest BCUT2D eigenvalue weighted by Crippen LogP contribution is -2.18. The largest absolute Gasteiger partial charge is 0.352 e. The first-order chi connectivity index (χ1) is 11.1. The Hall–Kier alpha value is -2.53. The highest BCUT2D eigenvalue weighted by Crippen LogP contribution is 2.29. The standard InChI is InChI=1S/C18H15FN2OS/c1-12(22)20-10-13-5-7-14(8-6-13)17-11-23-18(21-17)15-3-2-4-16(19)9-15/h2-9,11H,10H2,1H3,(H,20,22). The summed E-state index contributed by atoms with van der Waals surface area (Å²) in [5.41, 5.74) is 3.67. The smallest absolute Gasteiger partial charge is 0.217 e. The molecule has 0 aliphatic heterocycles. The molecule has 0 saturated heterocycles. The zero-order valence-corrected chi connectivity index (χ0v) is 13.4. The molecular weight excluding hydrogens is 311 g/mol. The van der Waals surface area contributed by atoms with Crippen LogP contribution in [0.25, 0.3) is 21.8 Å². The van der Waals surface area contributed by atoms with Crippen LogP contribution in [0.3, 0.4) is 0 Å². The first kappa shape index (κ1) is 15.4. The molecule has 116 valence electrons. The van der Waals surface area contributed by atoms with Crippen molar-refractivity contribution in [2.45, 2.75) is 13.5 Å². The summed E-state index contributed by atoms with van der Waals surface area (Å²) in [5.74, 6) is -0.310. The molecule has 0 aliphatic rings. The van der Waals surface area contributed by atoms with E-state index in [1.54, 1.807) is 6.07 Å². The molecule has 3 rings (SSSR count). The molecule has 0 saturated carbocycles. The van der Waals surface area contributed by atoms with Gasteiger partial charge in [-0.25, -0.2) is 9.37 Å². The summed E-state index contributed by atoms with van der Waals surface area (Å²) in [6.45, 7) is 2.01.